The largest absolute Gasteiger partial charge is 0.376 e. The first-order chi connectivity index (χ1) is 5.79. The second-order valence-corrected chi connectivity index (χ2v) is 3.22. The average Bonchev–Trinajstić information content (AvgIpc) is 2.16. The molecule has 0 spiro atoms. The molecule has 0 saturated carbocycles. The smallest absolute Gasteiger partial charge is 0.157 e. The minimum absolute atomic E-state index is 0.279. The number of nitrogens with zero attached hydrogens (tertiary/aromatic N) is 2. The summed E-state index contributed by atoms with van der Waals surface area (Å²) >= 11 is 1.35. The van der Waals surface area contributed by atoms with Crippen molar-refractivity contribution in [2.24, 2.45) is 0 Å². The highest BCUT2D eigenvalue weighted by Crippen LogP contribution is 2.11. The maximum atomic E-state index is 8.73. The van der Waals surface area contributed by atoms with E-state index in [2.05, 4.69) is 6.07 Å². The van der Waals surface area contributed by atoms with Gasteiger partial charge in [0.15, 0.2) is 5.17 Å². The van der Waals surface area contributed by atoms with Gasteiger partial charge in [-0.05, 0) is 6.26 Å². The fraction of sp³-hybridized carbons (Fsp3) is 0.714. The van der Waals surface area contributed by atoms with Gasteiger partial charge in [0.25, 0.3) is 0 Å². The Labute approximate surface area is 76.0 Å². The fourth-order valence-corrected chi connectivity index (χ4v) is 1.52. The number of hydrogen-bond acceptors (Lipinski definition) is 4. The minimum atomic E-state index is -0.279. The van der Waals surface area contributed by atoms with E-state index in [9.17, 15) is 0 Å². The third kappa shape index (κ3) is 1.90. The quantitative estimate of drug-likeness (QED) is 0.441. The van der Waals surface area contributed by atoms with E-state index in [1.54, 1.807) is 4.90 Å². The average molecular weight is 185 g/mol. The van der Waals surface area contributed by atoms with Crippen molar-refractivity contribution in [3.63, 3.8) is 0 Å². The van der Waals surface area contributed by atoms with Gasteiger partial charge in [-0.2, -0.15) is 5.26 Å². The van der Waals surface area contributed by atoms with E-state index in [1.807, 2.05) is 6.26 Å². The lowest BCUT2D eigenvalue weighted by molar-refractivity contribution is 0.0466. The number of nitriles is 1. The molecule has 1 fully saturated rings. The van der Waals surface area contributed by atoms with Crippen LogP contribution in [-0.2, 0) is 4.74 Å². The van der Waals surface area contributed by atoms with Crippen LogP contribution < -0.4 is 0 Å². The molecule has 0 aromatic carbocycles. The van der Waals surface area contributed by atoms with E-state index in [4.69, 9.17) is 15.4 Å². The zero-order valence-electron chi connectivity index (χ0n) is 6.91. The van der Waals surface area contributed by atoms with Crippen molar-refractivity contribution < 1.29 is 4.74 Å². The van der Waals surface area contributed by atoms with Crippen LogP contribution in [0.3, 0.4) is 0 Å². The van der Waals surface area contributed by atoms with Crippen molar-refractivity contribution in [3.05, 3.63) is 0 Å². The molecular formula is C7H11N3OS. The highest BCUT2D eigenvalue weighted by atomic mass is 32.2. The molecule has 0 radical (unpaired) electrons. The summed E-state index contributed by atoms with van der Waals surface area (Å²) < 4.78 is 5.13. The number of morpholine rings is 1. The third-order valence-corrected chi connectivity index (χ3v) is 2.35. The molecule has 1 N–H and O–H groups in total. The lowest BCUT2D eigenvalue weighted by Gasteiger charge is -2.32. The Bertz CT molecular complexity index is 213. The molecule has 1 aliphatic rings. The summed E-state index contributed by atoms with van der Waals surface area (Å²) in [5.74, 6) is 0. The molecule has 1 rings (SSSR count). The molecule has 4 nitrogen and oxygen atoms in total. The predicted molar refractivity (Wildman–Crippen MR) is 48.2 cm³/mol. The maximum absolute atomic E-state index is 8.73. The highest BCUT2D eigenvalue weighted by Gasteiger charge is 2.24. The van der Waals surface area contributed by atoms with Gasteiger partial charge in [-0.1, -0.05) is 11.8 Å². The van der Waals surface area contributed by atoms with Gasteiger partial charge in [-0.25, -0.2) is 0 Å². The van der Waals surface area contributed by atoms with Crippen LogP contribution in [-0.4, -0.2) is 42.1 Å². The molecule has 0 amide bonds. The topological polar surface area (TPSA) is 60.1 Å². The minimum Gasteiger partial charge on any atom is -0.376 e. The number of amidine groups is 1. The van der Waals surface area contributed by atoms with Gasteiger partial charge in [0.2, 0.25) is 0 Å². The second kappa shape index (κ2) is 4.33. The number of rotatable bonds is 0. The lowest BCUT2D eigenvalue weighted by atomic mass is 10.3. The SMILES string of the molecule is CSC(=N)N1CCOCC1C#N. The van der Waals surface area contributed by atoms with E-state index in [1.165, 1.54) is 11.8 Å². The van der Waals surface area contributed by atoms with Crippen LogP contribution in [0.5, 0.6) is 0 Å². The Balaban J connectivity index is 2.60. The highest BCUT2D eigenvalue weighted by molar-refractivity contribution is 8.13. The van der Waals surface area contributed by atoms with Gasteiger partial charge < -0.3 is 9.64 Å². The van der Waals surface area contributed by atoms with Gasteiger partial charge in [-0.3, -0.25) is 5.41 Å². The molecular weight excluding hydrogens is 174 g/mol. The maximum Gasteiger partial charge on any atom is 0.157 e. The van der Waals surface area contributed by atoms with Gasteiger partial charge in [0, 0.05) is 6.54 Å². The standard InChI is InChI=1S/C7H11N3OS/c1-12-7(9)10-2-3-11-5-6(10)4-8/h6,9H,2-3,5H2,1H3. The molecule has 12 heavy (non-hydrogen) atoms. The third-order valence-electron chi connectivity index (χ3n) is 1.73. The van der Waals surface area contributed by atoms with Crippen LogP contribution in [0.15, 0.2) is 0 Å². The summed E-state index contributed by atoms with van der Waals surface area (Å²) in [4.78, 5) is 1.77. The molecule has 0 bridgehead atoms. The summed E-state index contributed by atoms with van der Waals surface area (Å²) in [6.45, 7) is 1.68. The van der Waals surface area contributed by atoms with Gasteiger partial charge in [0.1, 0.15) is 6.04 Å². The van der Waals surface area contributed by atoms with Crippen molar-refractivity contribution in [1.29, 1.82) is 10.7 Å². The van der Waals surface area contributed by atoms with Crippen LogP contribution in [0.2, 0.25) is 0 Å². The van der Waals surface area contributed by atoms with Gasteiger partial charge >= 0.3 is 0 Å². The summed E-state index contributed by atoms with van der Waals surface area (Å²) in [7, 11) is 0. The Morgan fingerprint density at radius 3 is 3.17 bits per heavy atom. The van der Waals surface area contributed by atoms with Crippen molar-refractivity contribution in [2.45, 2.75) is 6.04 Å². The van der Waals surface area contributed by atoms with Crippen molar-refractivity contribution in [2.75, 3.05) is 26.0 Å². The normalized spacial score (nSPS) is 23.3. The molecule has 1 saturated heterocycles. The molecule has 1 heterocycles. The summed E-state index contributed by atoms with van der Waals surface area (Å²) in [6.07, 6.45) is 1.84. The molecule has 0 aliphatic carbocycles. The molecule has 0 aromatic heterocycles. The monoisotopic (exact) mass is 185 g/mol. The number of thioether (sulfide) groups is 1. The molecule has 5 heteroatoms. The number of ether oxygens (including phenoxy) is 1. The first-order valence-corrected chi connectivity index (χ1v) is 4.88. The molecule has 0 aromatic rings. The van der Waals surface area contributed by atoms with E-state index in [0.29, 0.717) is 24.9 Å². The van der Waals surface area contributed by atoms with Crippen molar-refractivity contribution in [3.8, 4) is 6.07 Å². The summed E-state index contributed by atoms with van der Waals surface area (Å²) in [5, 5.41) is 16.7. The predicted octanol–water partition coefficient (Wildman–Crippen LogP) is 0.509. The van der Waals surface area contributed by atoms with E-state index < -0.39 is 0 Å². The van der Waals surface area contributed by atoms with E-state index >= 15 is 0 Å². The second-order valence-electron chi connectivity index (χ2n) is 2.42. The van der Waals surface area contributed by atoms with Crippen molar-refractivity contribution in [1.82, 2.24) is 4.90 Å². The van der Waals surface area contributed by atoms with Gasteiger partial charge in [0.05, 0.1) is 19.3 Å². The summed E-state index contributed by atoms with van der Waals surface area (Å²) in [5.41, 5.74) is 0. The fourth-order valence-electron chi connectivity index (χ4n) is 1.07. The number of hydrogen-bond donors (Lipinski definition) is 1. The van der Waals surface area contributed by atoms with Crippen LogP contribution in [0.1, 0.15) is 0 Å². The van der Waals surface area contributed by atoms with Crippen LogP contribution in [0, 0.1) is 16.7 Å². The van der Waals surface area contributed by atoms with E-state index in [0.717, 1.165) is 0 Å². The molecule has 1 atom stereocenters. The van der Waals surface area contributed by atoms with Gasteiger partial charge in [-0.15, -0.1) is 0 Å². The van der Waals surface area contributed by atoms with E-state index in [-0.39, 0.29) is 6.04 Å². The molecule has 1 unspecified atom stereocenters. The first kappa shape index (κ1) is 9.36. The van der Waals surface area contributed by atoms with Crippen LogP contribution in [0.4, 0.5) is 0 Å². The molecule has 66 valence electrons. The molecule has 1 aliphatic heterocycles. The van der Waals surface area contributed by atoms with Crippen LogP contribution in [0.25, 0.3) is 0 Å². The Hall–Kier alpha value is -0.730. The van der Waals surface area contributed by atoms with Crippen molar-refractivity contribution >= 4 is 16.9 Å². The Morgan fingerprint density at radius 2 is 2.58 bits per heavy atom. The Kier molecular flexibility index (Phi) is 3.38. The van der Waals surface area contributed by atoms with Crippen LogP contribution >= 0.6 is 11.8 Å². The zero-order chi connectivity index (χ0) is 8.97. The Morgan fingerprint density at radius 1 is 1.83 bits per heavy atom. The lowest BCUT2D eigenvalue weighted by Crippen LogP contribution is -2.46. The summed E-state index contributed by atoms with van der Waals surface area (Å²) in [6, 6.07) is 1.84. The zero-order valence-corrected chi connectivity index (χ0v) is 7.73. The number of nitrogens with one attached hydrogen (secondary N) is 1. The first-order valence-electron chi connectivity index (χ1n) is 3.66.